The Labute approximate surface area is 157 Å². The van der Waals surface area contributed by atoms with Crippen LogP contribution >= 0.6 is 12.2 Å². The average Bonchev–Trinajstić information content (AvgIpc) is 2.63. The van der Waals surface area contributed by atoms with Crippen molar-refractivity contribution in [3.05, 3.63) is 58.7 Å². The zero-order valence-corrected chi connectivity index (χ0v) is 15.8. The van der Waals surface area contributed by atoms with Crippen LogP contribution in [0.25, 0.3) is 0 Å². The van der Waals surface area contributed by atoms with Gasteiger partial charge in [-0.25, -0.2) is 9.59 Å². The van der Waals surface area contributed by atoms with Crippen molar-refractivity contribution < 1.29 is 19.1 Å². The molecule has 0 aliphatic rings. The largest absolute Gasteiger partial charge is 0.465 e. The molecule has 26 heavy (non-hydrogen) atoms. The summed E-state index contributed by atoms with van der Waals surface area (Å²) in [7, 11) is 2.64. The second-order valence-electron chi connectivity index (χ2n) is 5.66. The maximum atomic E-state index is 12.0. The molecule has 7 heteroatoms. The number of carbonyl (C=O) groups is 2. The van der Waals surface area contributed by atoms with Gasteiger partial charge >= 0.3 is 11.9 Å². The number of benzene rings is 2. The topological polar surface area (TPSA) is 76.7 Å². The van der Waals surface area contributed by atoms with Crippen LogP contribution in [0, 0.1) is 13.8 Å². The highest BCUT2D eigenvalue weighted by atomic mass is 32.1. The number of hydrogen-bond donors (Lipinski definition) is 2. The smallest absolute Gasteiger partial charge is 0.339 e. The molecule has 0 saturated heterocycles. The Bertz CT molecular complexity index is 795. The van der Waals surface area contributed by atoms with E-state index in [0.29, 0.717) is 22.5 Å². The van der Waals surface area contributed by atoms with Crippen molar-refractivity contribution in [1.82, 2.24) is 0 Å². The fourth-order valence-electron chi connectivity index (χ4n) is 2.37. The van der Waals surface area contributed by atoms with Crippen LogP contribution in [0.4, 0.5) is 11.4 Å². The molecule has 2 rings (SSSR count). The predicted octanol–water partition coefficient (Wildman–Crippen LogP) is 3.69. The van der Waals surface area contributed by atoms with Gasteiger partial charge in [0.1, 0.15) is 0 Å². The minimum atomic E-state index is -0.468. The van der Waals surface area contributed by atoms with Gasteiger partial charge in [-0.3, -0.25) is 0 Å². The van der Waals surface area contributed by atoms with E-state index in [1.165, 1.54) is 14.2 Å². The second kappa shape index (κ2) is 8.44. The third kappa shape index (κ3) is 4.58. The van der Waals surface area contributed by atoms with Crippen LogP contribution < -0.4 is 10.6 Å². The molecule has 0 aliphatic carbocycles. The average molecular weight is 372 g/mol. The molecule has 0 unspecified atom stereocenters. The summed E-state index contributed by atoms with van der Waals surface area (Å²) in [4.78, 5) is 23.9. The Hall–Kier alpha value is -2.93. The van der Waals surface area contributed by atoms with Crippen molar-refractivity contribution in [2.24, 2.45) is 0 Å². The summed E-state index contributed by atoms with van der Waals surface area (Å²) in [5.74, 6) is -0.936. The van der Waals surface area contributed by atoms with Crippen LogP contribution in [-0.4, -0.2) is 31.3 Å². The van der Waals surface area contributed by atoms with Gasteiger partial charge in [-0.15, -0.1) is 0 Å². The molecule has 0 radical (unpaired) electrons. The van der Waals surface area contributed by atoms with Crippen LogP contribution in [0.3, 0.4) is 0 Å². The van der Waals surface area contributed by atoms with Gasteiger partial charge in [0.05, 0.1) is 36.7 Å². The summed E-state index contributed by atoms with van der Waals surface area (Å²) in [6, 6.07) is 10.6. The molecule has 0 amide bonds. The standard InChI is InChI=1S/C19H20N2O4S/c1-11-5-7-15(13(9-11)17(22)24-3)20-19(26)21-16-8-6-12(2)10-14(16)18(23)25-4/h5-10H,1-4H3,(H2,20,21,26). The van der Waals surface area contributed by atoms with Crippen LogP contribution in [-0.2, 0) is 9.47 Å². The Morgan fingerprint density at radius 1 is 0.808 bits per heavy atom. The monoisotopic (exact) mass is 372 g/mol. The number of methoxy groups -OCH3 is 2. The molecule has 0 aromatic heterocycles. The van der Waals surface area contributed by atoms with E-state index in [2.05, 4.69) is 10.6 Å². The number of rotatable bonds is 4. The third-order valence-corrected chi connectivity index (χ3v) is 3.86. The number of ether oxygens (including phenoxy) is 2. The summed E-state index contributed by atoms with van der Waals surface area (Å²) in [6.45, 7) is 3.75. The normalized spacial score (nSPS) is 10.0. The molecule has 0 bridgehead atoms. The number of nitrogens with one attached hydrogen (secondary N) is 2. The molecular weight excluding hydrogens is 352 g/mol. The van der Waals surface area contributed by atoms with Crippen molar-refractivity contribution >= 4 is 40.6 Å². The molecule has 136 valence electrons. The summed E-state index contributed by atoms with van der Waals surface area (Å²) in [5.41, 5.74) is 3.59. The molecule has 6 nitrogen and oxygen atoms in total. The van der Waals surface area contributed by atoms with Crippen molar-refractivity contribution in [1.29, 1.82) is 0 Å². The first-order valence-electron chi connectivity index (χ1n) is 7.81. The lowest BCUT2D eigenvalue weighted by Gasteiger charge is -2.15. The lowest BCUT2D eigenvalue weighted by atomic mass is 10.1. The molecule has 2 aromatic carbocycles. The quantitative estimate of drug-likeness (QED) is 0.626. The number of thiocarbonyl (C=S) groups is 1. The fraction of sp³-hybridized carbons (Fsp3) is 0.211. The Morgan fingerprint density at radius 2 is 1.19 bits per heavy atom. The first kappa shape index (κ1) is 19.4. The minimum absolute atomic E-state index is 0.230. The van der Waals surface area contributed by atoms with E-state index in [9.17, 15) is 9.59 Å². The van der Waals surface area contributed by atoms with Gasteiger partial charge in [-0.1, -0.05) is 23.3 Å². The van der Waals surface area contributed by atoms with E-state index in [4.69, 9.17) is 21.7 Å². The van der Waals surface area contributed by atoms with Gasteiger partial charge in [-0.2, -0.15) is 0 Å². The number of aryl methyl sites for hydroxylation is 2. The zero-order chi connectivity index (χ0) is 19.3. The minimum Gasteiger partial charge on any atom is -0.465 e. The van der Waals surface area contributed by atoms with E-state index in [-0.39, 0.29) is 5.11 Å². The van der Waals surface area contributed by atoms with Gasteiger partial charge in [0.25, 0.3) is 0 Å². The van der Waals surface area contributed by atoms with Crippen LogP contribution in [0.1, 0.15) is 31.8 Å². The highest BCUT2D eigenvalue weighted by molar-refractivity contribution is 7.80. The van der Waals surface area contributed by atoms with Gasteiger partial charge in [-0.05, 0) is 50.3 Å². The van der Waals surface area contributed by atoms with Crippen LogP contribution in [0.2, 0.25) is 0 Å². The Balaban J connectivity index is 2.25. The highest BCUT2D eigenvalue weighted by Crippen LogP contribution is 2.21. The lowest BCUT2D eigenvalue weighted by Crippen LogP contribution is -2.22. The summed E-state index contributed by atoms with van der Waals surface area (Å²) >= 11 is 5.32. The van der Waals surface area contributed by atoms with E-state index in [1.807, 2.05) is 26.0 Å². The van der Waals surface area contributed by atoms with E-state index in [1.54, 1.807) is 24.3 Å². The van der Waals surface area contributed by atoms with Gasteiger partial charge < -0.3 is 20.1 Å². The SMILES string of the molecule is COC(=O)c1cc(C)ccc1NC(=S)Nc1ccc(C)cc1C(=O)OC. The zero-order valence-electron chi connectivity index (χ0n) is 15.0. The fourth-order valence-corrected chi connectivity index (χ4v) is 2.59. The summed E-state index contributed by atoms with van der Waals surface area (Å²) in [6.07, 6.45) is 0. The van der Waals surface area contributed by atoms with Gasteiger partial charge in [0.2, 0.25) is 0 Å². The summed E-state index contributed by atoms with van der Waals surface area (Å²) < 4.78 is 9.61. The Morgan fingerprint density at radius 3 is 1.54 bits per heavy atom. The van der Waals surface area contributed by atoms with Crippen LogP contribution in [0.15, 0.2) is 36.4 Å². The molecule has 0 aliphatic heterocycles. The summed E-state index contributed by atoms with van der Waals surface area (Å²) in [5, 5.41) is 6.16. The number of esters is 2. The van der Waals surface area contributed by atoms with Crippen molar-refractivity contribution in [3.8, 4) is 0 Å². The van der Waals surface area contributed by atoms with Crippen molar-refractivity contribution in [2.75, 3.05) is 24.9 Å². The molecule has 0 saturated carbocycles. The van der Waals surface area contributed by atoms with Crippen molar-refractivity contribution in [2.45, 2.75) is 13.8 Å². The molecule has 0 spiro atoms. The first-order chi connectivity index (χ1) is 12.3. The van der Waals surface area contributed by atoms with Gasteiger partial charge in [0, 0.05) is 0 Å². The molecular formula is C19H20N2O4S. The highest BCUT2D eigenvalue weighted by Gasteiger charge is 2.16. The molecule has 0 fully saturated rings. The van der Waals surface area contributed by atoms with E-state index >= 15 is 0 Å². The molecule has 2 N–H and O–H groups in total. The maximum absolute atomic E-state index is 12.0. The lowest BCUT2D eigenvalue weighted by molar-refractivity contribution is 0.0593. The Kier molecular flexibility index (Phi) is 6.30. The van der Waals surface area contributed by atoms with Crippen molar-refractivity contribution in [3.63, 3.8) is 0 Å². The van der Waals surface area contributed by atoms with E-state index in [0.717, 1.165) is 11.1 Å². The molecule has 0 heterocycles. The van der Waals surface area contributed by atoms with E-state index < -0.39 is 11.9 Å². The maximum Gasteiger partial charge on any atom is 0.339 e. The third-order valence-electron chi connectivity index (χ3n) is 3.66. The first-order valence-corrected chi connectivity index (χ1v) is 8.22. The number of hydrogen-bond acceptors (Lipinski definition) is 5. The molecule has 0 atom stereocenters. The van der Waals surface area contributed by atoms with Gasteiger partial charge in [0.15, 0.2) is 5.11 Å². The second-order valence-corrected chi connectivity index (χ2v) is 6.07. The molecule has 2 aromatic rings. The van der Waals surface area contributed by atoms with Crippen LogP contribution in [0.5, 0.6) is 0 Å². The number of anilines is 2. The predicted molar refractivity (Wildman–Crippen MR) is 105 cm³/mol. The number of carbonyl (C=O) groups excluding carboxylic acids is 2.